The number of likely N-dealkylation sites (N-methyl/N-ethyl adjacent to an activating group) is 1. The highest BCUT2D eigenvalue weighted by Crippen LogP contribution is 2.22. The normalized spacial score (nSPS) is 11.2. The number of anilines is 2. The Balaban J connectivity index is 1.80. The molecule has 0 radical (unpaired) electrons. The molecule has 0 spiro atoms. The van der Waals surface area contributed by atoms with Crippen LogP contribution < -0.4 is 10.6 Å². The summed E-state index contributed by atoms with van der Waals surface area (Å²) in [6.45, 7) is 4.50. The van der Waals surface area contributed by atoms with E-state index in [1.54, 1.807) is 10.9 Å². The van der Waals surface area contributed by atoms with Gasteiger partial charge in [0.15, 0.2) is 5.65 Å². The molecule has 3 aromatic rings. The maximum atomic E-state index is 4.64. The lowest BCUT2D eigenvalue weighted by atomic mass is 10.1. The van der Waals surface area contributed by atoms with E-state index in [1.807, 2.05) is 21.1 Å². The molecule has 25 heavy (non-hydrogen) atoms. The molecular formula is C18H25N7. The summed E-state index contributed by atoms with van der Waals surface area (Å²) in [5.41, 5.74) is 3.28. The van der Waals surface area contributed by atoms with Crippen molar-refractivity contribution in [1.82, 2.24) is 24.6 Å². The van der Waals surface area contributed by atoms with Crippen LogP contribution in [0.3, 0.4) is 0 Å². The summed E-state index contributed by atoms with van der Waals surface area (Å²) >= 11 is 0. The van der Waals surface area contributed by atoms with Gasteiger partial charge < -0.3 is 15.5 Å². The average Bonchev–Trinajstić information content (AvgIpc) is 2.95. The SMILES string of the molecule is Cc1ccc(CNc2nc(NCCN(C)C)nc3c2cnn3C)cc1. The molecule has 2 aromatic heterocycles. The van der Waals surface area contributed by atoms with Gasteiger partial charge in [-0.15, -0.1) is 0 Å². The molecule has 0 saturated carbocycles. The molecular weight excluding hydrogens is 314 g/mol. The van der Waals surface area contributed by atoms with E-state index in [0.717, 1.165) is 29.9 Å². The maximum absolute atomic E-state index is 4.64. The topological polar surface area (TPSA) is 70.9 Å². The van der Waals surface area contributed by atoms with Gasteiger partial charge >= 0.3 is 0 Å². The highest BCUT2D eigenvalue weighted by molar-refractivity contribution is 5.87. The van der Waals surface area contributed by atoms with Gasteiger partial charge in [0.1, 0.15) is 5.82 Å². The monoisotopic (exact) mass is 339 g/mol. The molecule has 0 amide bonds. The summed E-state index contributed by atoms with van der Waals surface area (Å²) in [5.74, 6) is 1.41. The van der Waals surface area contributed by atoms with Crippen LogP contribution in [0.1, 0.15) is 11.1 Å². The molecule has 2 N–H and O–H groups in total. The van der Waals surface area contributed by atoms with E-state index >= 15 is 0 Å². The first kappa shape index (κ1) is 17.2. The Hall–Kier alpha value is -2.67. The number of hydrogen-bond donors (Lipinski definition) is 2. The van der Waals surface area contributed by atoms with Crippen molar-refractivity contribution in [3.63, 3.8) is 0 Å². The van der Waals surface area contributed by atoms with E-state index in [1.165, 1.54) is 11.1 Å². The number of benzene rings is 1. The minimum Gasteiger partial charge on any atom is -0.365 e. The van der Waals surface area contributed by atoms with Gasteiger partial charge in [0, 0.05) is 26.7 Å². The lowest BCUT2D eigenvalue weighted by Crippen LogP contribution is -2.21. The third kappa shape index (κ3) is 4.24. The zero-order chi connectivity index (χ0) is 17.8. The van der Waals surface area contributed by atoms with Crippen LogP contribution in [-0.2, 0) is 13.6 Å². The number of nitrogens with zero attached hydrogens (tertiary/aromatic N) is 5. The van der Waals surface area contributed by atoms with Crippen molar-refractivity contribution in [2.75, 3.05) is 37.8 Å². The largest absolute Gasteiger partial charge is 0.365 e. The number of hydrogen-bond acceptors (Lipinski definition) is 6. The van der Waals surface area contributed by atoms with Crippen LogP contribution in [0.5, 0.6) is 0 Å². The third-order valence-electron chi connectivity index (χ3n) is 4.01. The van der Waals surface area contributed by atoms with Gasteiger partial charge in [-0.2, -0.15) is 15.1 Å². The second-order valence-electron chi connectivity index (χ2n) is 6.47. The molecule has 3 rings (SSSR count). The van der Waals surface area contributed by atoms with Crippen molar-refractivity contribution < 1.29 is 0 Å². The minimum absolute atomic E-state index is 0.615. The first-order valence-electron chi connectivity index (χ1n) is 8.40. The molecule has 0 aliphatic rings. The molecule has 0 unspecified atom stereocenters. The Labute approximate surface area is 148 Å². The number of aryl methyl sites for hydroxylation is 2. The first-order valence-corrected chi connectivity index (χ1v) is 8.40. The molecule has 0 fully saturated rings. The summed E-state index contributed by atoms with van der Waals surface area (Å²) in [5, 5.41) is 11.9. The lowest BCUT2D eigenvalue weighted by molar-refractivity contribution is 0.425. The maximum Gasteiger partial charge on any atom is 0.226 e. The van der Waals surface area contributed by atoms with Crippen molar-refractivity contribution >= 4 is 22.8 Å². The molecule has 0 aliphatic heterocycles. The predicted molar refractivity (Wildman–Crippen MR) is 102 cm³/mol. The van der Waals surface area contributed by atoms with Gasteiger partial charge in [-0.05, 0) is 26.6 Å². The van der Waals surface area contributed by atoms with Crippen LogP contribution in [0.4, 0.5) is 11.8 Å². The smallest absolute Gasteiger partial charge is 0.226 e. The van der Waals surface area contributed by atoms with Crippen molar-refractivity contribution in [1.29, 1.82) is 0 Å². The third-order valence-corrected chi connectivity index (χ3v) is 4.01. The standard InChI is InChI=1S/C18H25N7/c1-13-5-7-14(8-6-13)11-20-16-15-12-21-25(4)17(15)23-18(22-16)19-9-10-24(2)3/h5-8,12H,9-11H2,1-4H3,(H2,19,20,22,23). The fourth-order valence-electron chi connectivity index (χ4n) is 2.52. The number of aromatic nitrogens is 4. The van der Waals surface area contributed by atoms with Crippen LogP contribution in [0.2, 0.25) is 0 Å². The van der Waals surface area contributed by atoms with Gasteiger partial charge in [0.25, 0.3) is 0 Å². The first-order chi connectivity index (χ1) is 12.0. The van der Waals surface area contributed by atoms with Gasteiger partial charge in [0.2, 0.25) is 5.95 Å². The molecule has 7 nitrogen and oxygen atoms in total. The summed E-state index contributed by atoms with van der Waals surface area (Å²) in [6.07, 6.45) is 1.80. The van der Waals surface area contributed by atoms with Crippen LogP contribution in [-0.4, -0.2) is 51.8 Å². The summed E-state index contributed by atoms with van der Waals surface area (Å²) in [4.78, 5) is 11.3. The Kier molecular flexibility index (Phi) is 5.14. The molecule has 132 valence electrons. The summed E-state index contributed by atoms with van der Waals surface area (Å²) < 4.78 is 1.77. The molecule has 0 bridgehead atoms. The molecule has 0 aliphatic carbocycles. The quantitative estimate of drug-likeness (QED) is 0.688. The molecule has 0 saturated heterocycles. The Morgan fingerprint density at radius 1 is 1.08 bits per heavy atom. The zero-order valence-corrected chi connectivity index (χ0v) is 15.2. The highest BCUT2D eigenvalue weighted by atomic mass is 15.3. The minimum atomic E-state index is 0.615. The van der Waals surface area contributed by atoms with Crippen molar-refractivity contribution in [3.05, 3.63) is 41.6 Å². The Morgan fingerprint density at radius 2 is 1.84 bits per heavy atom. The van der Waals surface area contributed by atoms with Gasteiger partial charge in [-0.3, -0.25) is 4.68 Å². The van der Waals surface area contributed by atoms with Crippen molar-refractivity contribution in [2.45, 2.75) is 13.5 Å². The molecule has 7 heteroatoms. The lowest BCUT2D eigenvalue weighted by Gasteiger charge is -2.12. The average molecular weight is 339 g/mol. The van der Waals surface area contributed by atoms with Gasteiger partial charge in [-0.1, -0.05) is 29.8 Å². The van der Waals surface area contributed by atoms with E-state index in [2.05, 4.69) is 61.8 Å². The number of fused-ring (bicyclic) bond motifs is 1. The predicted octanol–water partition coefficient (Wildman–Crippen LogP) is 2.26. The summed E-state index contributed by atoms with van der Waals surface area (Å²) in [6, 6.07) is 8.48. The van der Waals surface area contributed by atoms with Crippen molar-refractivity contribution in [3.8, 4) is 0 Å². The second-order valence-corrected chi connectivity index (χ2v) is 6.47. The molecule has 0 atom stereocenters. The zero-order valence-electron chi connectivity index (χ0n) is 15.2. The second kappa shape index (κ2) is 7.48. The van der Waals surface area contributed by atoms with E-state index in [0.29, 0.717) is 12.5 Å². The van der Waals surface area contributed by atoms with Gasteiger partial charge in [0.05, 0.1) is 11.6 Å². The molecule has 1 aromatic carbocycles. The van der Waals surface area contributed by atoms with Crippen LogP contribution in [0.25, 0.3) is 11.0 Å². The Morgan fingerprint density at radius 3 is 2.56 bits per heavy atom. The fourth-order valence-corrected chi connectivity index (χ4v) is 2.52. The van der Waals surface area contributed by atoms with E-state index in [9.17, 15) is 0 Å². The Bertz CT molecular complexity index is 837. The number of rotatable bonds is 7. The van der Waals surface area contributed by atoms with Crippen LogP contribution in [0.15, 0.2) is 30.5 Å². The van der Waals surface area contributed by atoms with E-state index < -0.39 is 0 Å². The van der Waals surface area contributed by atoms with E-state index in [-0.39, 0.29) is 0 Å². The fraction of sp³-hybridized carbons (Fsp3) is 0.389. The molecule has 2 heterocycles. The van der Waals surface area contributed by atoms with Crippen LogP contribution in [0, 0.1) is 6.92 Å². The van der Waals surface area contributed by atoms with Gasteiger partial charge in [-0.25, -0.2) is 0 Å². The van der Waals surface area contributed by atoms with Crippen molar-refractivity contribution in [2.24, 2.45) is 7.05 Å². The highest BCUT2D eigenvalue weighted by Gasteiger charge is 2.11. The number of nitrogens with one attached hydrogen (secondary N) is 2. The van der Waals surface area contributed by atoms with E-state index in [4.69, 9.17) is 0 Å². The summed E-state index contributed by atoms with van der Waals surface area (Å²) in [7, 11) is 5.98. The van der Waals surface area contributed by atoms with Crippen LogP contribution >= 0.6 is 0 Å².